The number of alkyl halides is 2. The minimum atomic E-state index is -2.67. The summed E-state index contributed by atoms with van der Waals surface area (Å²) in [6, 6.07) is 0. The average Bonchev–Trinajstić information content (AvgIpc) is 2.72. The van der Waals surface area contributed by atoms with E-state index in [1.54, 1.807) is 0 Å². The lowest BCUT2D eigenvalue weighted by Gasteiger charge is -2.27. The summed E-state index contributed by atoms with van der Waals surface area (Å²) in [6.07, 6.45) is 0.742. The van der Waals surface area contributed by atoms with Gasteiger partial charge in [-0.3, -0.25) is 0 Å². The van der Waals surface area contributed by atoms with Gasteiger partial charge in [0.15, 0.2) is 0 Å². The summed E-state index contributed by atoms with van der Waals surface area (Å²) < 4.78 is 31.7. The van der Waals surface area contributed by atoms with Gasteiger partial charge in [0, 0.05) is 25.9 Å². The standard InChI is InChI=1S/C12H15F2NO3S/c1-18-6-8-9(11(16)17)19-10(15-8)7-3-2-4-12(13,14)5-7/h7H,2-6H2,1H3,(H,16,17). The summed E-state index contributed by atoms with van der Waals surface area (Å²) in [5, 5.41) is 9.56. The quantitative estimate of drug-likeness (QED) is 0.924. The van der Waals surface area contributed by atoms with Crippen LogP contribution in [0.1, 0.15) is 52.0 Å². The van der Waals surface area contributed by atoms with Crippen molar-refractivity contribution in [1.29, 1.82) is 0 Å². The van der Waals surface area contributed by atoms with E-state index in [4.69, 9.17) is 9.84 Å². The fraction of sp³-hybridized carbons (Fsp3) is 0.667. The summed E-state index contributed by atoms with van der Waals surface area (Å²) in [4.78, 5) is 15.4. The Labute approximate surface area is 113 Å². The van der Waals surface area contributed by atoms with Crippen LogP contribution < -0.4 is 0 Å². The first-order valence-electron chi connectivity index (χ1n) is 6.02. The monoisotopic (exact) mass is 291 g/mol. The van der Waals surface area contributed by atoms with Gasteiger partial charge in [0.05, 0.1) is 17.3 Å². The second kappa shape index (κ2) is 5.50. The van der Waals surface area contributed by atoms with Gasteiger partial charge < -0.3 is 9.84 Å². The van der Waals surface area contributed by atoms with E-state index in [1.165, 1.54) is 7.11 Å². The van der Waals surface area contributed by atoms with Gasteiger partial charge >= 0.3 is 5.97 Å². The maximum atomic E-state index is 13.4. The van der Waals surface area contributed by atoms with Gasteiger partial charge in [0.25, 0.3) is 0 Å². The molecule has 7 heteroatoms. The molecule has 1 aliphatic carbocycles. The topological polar surface area (TPSA) is 59.4 Å². The van der Waals surface area contributed by atoms with Crippen molar-refractivity contribution < 1.29 is 23.4 Å². The first-order valence-corrected chi connectivity index (χ1v) is 6.84. The van der Waals surface area contributed by atoms with Crippen molar-refractivity contribution in [2.75, 3.05) is 7.11 Å². The Morgan fingerprint density at radius 1 is 1.63 bits per heavy atom. The molecule has 0 aliphatic heterocycles. The Morgan fingerprint density at radius 3 is 2.95 bits per heavy atom. The van der Waals surface area contributed by atoms with E-state index < -0.39 is 11.9 Å². The van der Waals surface area contributed by atoms with Crippen LogP contribution in [-0.2, 0) is 11.3 Å². The van der Waals surface area contributed by atoms with E-state index in [2.05, 4.69) is 4.98 Å². The molecule has 1 heterocycles. The number of methoxy groups -OCH3 is 1. The number of carboxylic acid groups (broad SMARTS) is 1. The molecule has 2 rings (SSSR count). The minimum absolute atomic E-state index is 0.0846. The molecule has 106 valence electrons. The molecular weight excluding hydrogens is 276 g/mol. The number of nitrogens with zero attached hydrogens (tertiary/aromatic N) is 1. The first kappa shape index (κ1) is 14.3. The van der Waals surface area contributed by atoms with E-state index in [0.29, 0.717) is 23.5 Å². The molecule has 1 aromatic rings. The molecule has 0 amide bonds. The predicted molar refractivity (Wildman–Crippen MR) is 65.9 cm³/mol. The van der Waals surface area contributed by atoms with Gasteiger partial charge in [0.1, 0.15) is 4.88 Å². The Balaban J connectivity index is 2.25. The number of hydrogen-bond donors (Lipinski definition) is 1. The molecule has 0 bridgehead atoms. The molecule has 19 heavy (non-hydrogen) atoms. The van der Waals surface area contributed by atoms with Crippen LogP contribution in [0, 0.1) is 0 Å². The van der Waals surface area contributed by atoms with Gasteiger partial charge in [-0.1, -0.05) is 0 Å². The van der Waals surface area contributed by atoms with Crippen LogP contribution in [-0.4, -0.2) is 29.1 Å². The number of halogens is 2. The average molecular weight is 291 g/mol. The third-order valence-electron chi connectivity index (χ3n) is 3.18. The zero-order valence-corrected chi connectivity index (χ0v) is 11.3. The second-order valence-electron chi connectivity index (χ2n) is 4.72. The number of carboxylic acids is 1. The van der Waals surface area contributed by atoms with Crippen LogP contribution in [0.15, 0.2) is 0 Å². The molecule has 0 aromatic carbocycles. The van der Waals surface area contributed by atoms with E-state index >= 15 is 0 Å². The highest BCUT2D eigenvalue weighted by atomic mass is 32.1. The number of hydrogen-bond acceptors (Lipinski definition) is 4. The van der Waals surface area contributed by atoms with E-state index in [9.17, 15) is 13.6 Å². The van der Waals surface area contributed by atoms with Crippen LogP contribution in [0.3, 0.4) is 0 Å². The molecule has 4 nitrogen and oxygen atoms in total. The molecule has 0 saturated heterocycles. The number of thiazole rings is 1. The normalized spacial score (nSPS) is 22.4. The molecule has 0 spiro atoms. The van der Waals surface area contributed by atoms with Crippen molar-refractivity contribution in [2.24, 2.45) is 0 Å². The third kappa shape index (κ3) is 3.27. The smallest absolute Gasteiger partial charge is 0.347 e. The SMILES string of the molecule is COCc1nc(C2CCCC(F)(F)C2)sc1C(=O)O. The molecule has 0 radical (unpaired) electrons. The number of ether oxygens (including phenoxy) is 1. The lowest BCUT2D eigenvalue weighted by atomic mass is 9.87. The number of rotatable bonds is 4. The number of aromatic nitrogens is 1. The number of aromatic carboxylic acids is 1. The van der Waals surface area contributed by atoms with Gasteiger partial charge in [-0.2, -0.15) is 0 Å². The highest BCUT2D eigenvalue weighted by Gasteiger charge is 2.38. The molecule has 1 N–H and O–H groups in total. The Kier molecular flexibility index (Phi) is 4.15. The van der Waals surface area contributed by atoms with Crippen LogP contribution in [0.25, 0.3) is 0 Å². The van der Waals surface area contributed by atoms with Crippen molar-refractivity contribution in [2.45, 2.75) is 44.1 Å². The van der Waals surface area contributed by atoms with E-state index in [-0.39, 0.29) is 30.2 Å². The van der Waals surface area contributed by atoms with Gasteiger partial charge in [-0.05, 0) is 12.8 Å². The highest BCUT2D eigenvalue weighted by Crippen LogP contribution is 2.43. The van der Waals surface area contributed by atoms with Crippen LogP contribution in [0.5, 0.6) is 0 Å². The molecule has 1 aromatic heterocycles. The fourth-order valence-electron chi connectivity index (χ4n) is 2.33. The summed E-state index contributed by atoms with van der Waals surface area (Å²) >= 11 is 0.991. The van der Waals surface area contributed by atoms with E-state index in [0.717, 1.165) is 11.3 Å². The van der Waals surface area contributed by atoms with Crippen molar-refractivity contribution in [3.63, 3.8) is 0 Å². The van der Waals surface area contributed by atoms with Gasteiger partial charge in [-0.15, -0.1) is 11.3 Å². The zero-order valence-electron chi connectivity index (χ0n) is 10.5. The Morgan fingerprint density at radius 2 is 2.37 bits per heavy atom. The molecule has 1 unspecified atom stereocenters. The van der Waals surface area contributed by atoms with Gasteiger partial charge in [0.2, 0.25) is 5.92 Å². The first-order chi connectivity index (χ1) is 8.93. The molecule has 1 fully saturated rings. The van der Waals surface area contributed by atoms with Crippen molar-refractivity contribution in [1.82, 2.24) is 4.98 Å². The predicted octanol–water partition coefficient (Wildman–Crippen LogP) is 3.28. The van der Waals surface area contributed by atoms with Gasteiger partial charge in [-0.25, -0.2) is 18.6 Å². The molecule has 1 saturated carbocycles. The van der Waals surface area contributed by atoms with Crippen LogP contribution in [0.4, 0.5) is 8.78 Å². The fourth-order valence-corrected chi connectivity index (χ4v) is 3.37. The summed E-state index contributed by atoms with van der Waals surface area (Å²) in [6.45, 7) is 0.0846. The van der Waals surface area contributed by atoms with Crippen molar-refractivity contribution >= 4 is 17.3 Å². The maximum absolute atomic E-state index is 13.4. The lowest BCUT2D eigenvalue weighted by Crippen LogP contribution is -2.24. The molecule has 1 atom stereocenters. The minimum Gasteiger partial charge on any atom is -0.477 e. The maximum Gasteiger partial charge on any atom is 0.347 e. The van der Waals surface area contributed by atoms with Crippen LogP contribution >= 0.6 is 11.3 Å². The van der Waals surface area contributed by atoms with E-state index in [1.807, 2.05) is 0 Å². The lowest BCUT2D eigenvalue weighted by molar-refractivity contribution is -0.0408. The largest absolute Gasteiger partial charge is 0.477 e. The molecule has 1 aliphatic rings. The summed E-state index contributed by atoms with van der Waals surface area (Å²) in [5.41, 5.74) is 0.323. The Bertz CT molecular complexity index is 476. The second-order valence-corrected chi connectivity index (χ2v) is 5.75. The van der Waals surface area contributed by atoms with Crippen LogP contribution in [0.2, 0.25) is 0 Å². The van der Waals surface area contributed by atoms with Crippen molar-refractivity contribution in [3.8, 4) is 0 Å². The van der Waals surface area contributed by atoms with Crippen molar-refractivity contribution in [3.05, 3.63) is 15.6 Å². The number of carbonyl (C=O) groups is 1. The molecular formula is C12H15F2NO3S. The summed E-state index contributed by atoms with van der Waals surface area (Å²) in [7, 11) is 1.44. The third-order valence-corrected chi connectivity index (χ3v) is 4.43. The highest BCUT2D eigenvalue weighted by molar-refractivity contribution is 7.13. The zero-order chi connectivity index (χ0) is 14.0. The Hall–Kier alpha value is -1.08. The summed E-state index contributed by atoms with van der Waals surface area (Å²) in [5.74, 6) is -4.10.